The predicted octanol–water partition coefficient (Wildman–Crippen LogP) is 5.29. The Morgan fingerprint density at radius 3 is 2.48 bits per heavy atom. The van der Waals surface area contributed by atoms with Gasteiger partial charge in [-0.25, -0.2) is 0 Å². The number of nitrogens with zero attached hydrogens (tertiary/aromatic N) is 2. The second kappa shape index (κ2) is 9.74. The van der Waals surface area contributed by atoms with Gasteiger partial charge < -0.3 is 9.57 Å². The van der Waals surface area contributed by atoms with Gasteiger partial charge in [0.2, 0.25) is 0 Å². The van der Waals surface area contributed by atoms with Crippen molar-refractivity contribution >= 4 is 28.8 Å². The summed E-state index contributed by atoms with van der Waals surface area (Å²) in [5, 5.41) is 13.1. The van der Waals surface area contributed by atoms with E-state index in [0.717, 1.165) is 22.4 Å². The third-order valence-corrected chi connectivity index (χ3v) is 4.57. The molecular weight excluding hydrogens is 451 g/mol. The summed E-state index contributed by atoms with van der Waals surface area (Å²) < 4.78 is 7.12. The summed E-state index contributed by atoms with van der Waals surface area (Å²) >= 11 is 2.28. The van der Waals surface area contributed by atoms with E-state index in [0.29, 0.717) is 12.2 Å². The van der Waals surface area contributed by atoms with Gasteiger partial charge in [-0.2, -0.15) is 5.26 Å². The van der Waals surface area contributed by atoms with E-state index in [9.17, 15) is 0 Å². The van der Waals surface area contributed by atoms with Gasteiger partial charge in [-0.3, -0.25) is 0 Å². The lowest BCUT2D eigenvalue weighted by Gasteiger charge is -2.09. The molecule has 0 heterocycles. The lowest BCUT2D eigenvalue weighted by atomic mass is 10.1. The second-order valence-corrected chi connectivity index (χ2v) is 6.98. The van der Waals surface area contributed by atoms with E-state index in [4.69, 9.17) is 14.8 Å². The normalized spacial score (nSPS) is 10.5. The Labute approximate surface area is 172 Å². The molecule has 0 unspecified atom stereocenters. The van der Waals surface area contributed by atoms with E-state index in [-0.39, 0.29) is 6.61 Å². The molecule has 0 amide bonds. The first-order chi connectivity index (χ1) is 13.3. The van der Waals surface area contributed by atoms with Gasteiger partial charge in [-0.1, -0.05) is 47.6 Å². The van der Waals surface area contributed by atoms with E-state index in [1.165, 1.54) is 3.57 Å². The van der Waals surface area contributed by atoms with Crippen LogP contribution in [-0.4, -0.2) is 6.21 Å². The fourth-order valence-electron chi connectivity index (χ4n) is 2.42. The number of ether oxygens (including phenoxy) is 1. The SMILES string of the molecule is N#Cc1ccccc1CO/N=C\c1ccccc1OCc1ccc(I)cc1. The maximum Gasteiger partial charge on any atom is 0.143 e. The van der Waals surface area contributed by atoms with E-state index in [1.54, 1.807) is 12.3 Å². The minimum absolute atomic E-state index is 0.242. The molecule has 0 aromatic heterocycles. The molecule has 3 aromatic carbocycles. The van der Waals surface area contributed by atoms with Crippen molar-refractivity contribution in [3.8, 4) is 11.8 Å². The summed E-state index contributed by atoms with van der Waals surface area (Å²) in [6.45, 7) is 0.726. The van der Waals surface area contributed by atoms with E-state index < -0.39 is 0 Å². The number of benzene rings is 3. The third-order valence-electron chi connectivity index (χ3n) is 3.85. The van der Waals surface area contributed by atoms with Crippen LogP contribution >= 0.6 is 22.6 Å². The van der Waals surface area contributed by atoms with Crippen molar-refractivity contribution in [1.82, 2.24) is 0 Å². The molecule has 0 N–H and O–H groups in total. The molecule has 0 fully saturated rings. The number of oxime groups is 1. The molecule has 0 atom stereocenters. The fourth-order valence-corrected chi connectivity index (χ4v) is 2.78. The summed E-state index contributed by atoms with van der Waals surface area (Å²) in [7, 11) is 0. The molecule has 0 saturated heterocycles. The van der Waals surface area contributed by atoms with Gasteiger partial charge in [0.15, 0.2) is 0 Å². The van der Waals surface area contributed by atoms with Crippen molar-refractivity contribution in [1.29, 1.82) is 5.26 Å². The number of para-hydroxylation sites is 1. The van der Waals surface area contributed by atoms with Crippen molar-refractivity contribution in [3.05, 3.63) is 98.6 Å². The molecule has 134 valence electrons. The Bertz CT molecular complexity index is 963. The Morgan fingerprint density at radius 1 is 0.926 bits per heavy atom. The van der Waals surface area contributed by atoms with Crippen LogP contribution in [0.2, 0.25) is 0 Å². The van der Waals surface area contributed by atoms with Crippen molar-refractivity contribution in [2.75, 3.05) is 0 Å². The summed E-state index contributed by atoms with van der Waals surface area (Å²) in [6.07, 6.45) is 1.62. The molecule has 4 nitrogen and oxygen atoms in total. The van der Waals surface area contributed by atoms with Gasteiger partial charge in [-0.05, 0) is 58.5 Å². The maximum atomic E-state index is 9.10. The van der Waals surface area contributed by atoms with Gasteiger partial charge in [-0.15, -0.1) is 0 Å². The van der Waals surface area contributed by atoms with Crippen molar-refractivity contribution in [3.63, 3.8) is 0 Å². The van der Waals surface area contributed by atoms with Crippen LogP contribution < -0.4 is 4.74 Å². The van der Waals surface area contributed by atoms with Crippen LogP contribution in [0.3, 0.4) is 0 Å². The number of hydrogen-bond acceptors (Lipinski definition) is 4. The van der Waals surface area contributed by atoms with Crippen LogP contribution in [-0.2, 0) is 18.1 Å². The Balaban J connectivity index is 1.61. The molecule has 3 aromatic rings. The highest BCUT2D eigenvalue weighted by atomic mass is 127. The lowest BCUT2D eigenvalue weighted by Crippen LogP contribution is -1.98. The van der Waals surface area contributed by atoms with Crippen molar-refractivity contribution in [2.24, 2.45) is 5.16 Å². The molecule has 0 spiro atoms. The molecular formula is C22H17IN2O2. The van der Waals surface area contributed by atoms with Crippen LogP contribution in [0.15, 0.2) is 78.0 Å². The first-order valence-electron chi connectivity index (χ1n) is 8.36. The molecule has 0 aliphatic heterocycles. The number of rotatable bonds is 7. The van der Waals surface area contributed by atoms with Crippen LogP contribution in [0.5, 0.6) is 5.75 Å². The molecule has 27 heavy (non-hydrogen) atoms. The third kappa shape index (κ3) is 5.56. The quantitative estimate of drug-likeness (QED) is 0.269. The van der Waals surface area contributed by atoms with Crippen molar-refractivity contribution < 1.29 is 9.57 Å². The first kappa shape index (κ1) is 18.9. The molecule has 0 bridgehead atoms. The summed E-state index contributed by atoms with van der Waals surface area (Å²) in [5.41, 5.74) is 3.33. The monoisotopic (exact) mass is 468 g/mol. The summed E-state index contributed by atoms with van der Waals surface area (Å²) in [6, 6.07) is 25.3. The lowest BCUT2D eigenvalue weighted by molar-refractivity contribution is 0.132. The average molecular weight is 468 g/mol. The topological polar surface area (TPSA) is 54.6 Å². The first-order valence-corrected chi connectivity index (χ1v) is 9.44. The number of hydrogen-bond donors (Lipinski definition) is 0. The van der Waals surface area contributed by atoms with E-state index in [1.807, 2.05) is 54.6 Å². The van der Waals surface area contributed by atoms with Crippen LogP contribution in [0, 0.1) is 14.9 Å². The largest absolute Gasteiger partial charge is 0.488 e. The summed E-state index contributed by atoms with van der Waals surface area (Å²) in [5.74, 6) is 0.737. The van der Waals surface area contributed by atoms with Crippen LogP contribution in [0.1, 0.15) is 22.3 Å². The molecule has 0 radical (unpaired) electrons. The smallest absolute Gasteiger partial charge is 0.143 e. The zero-order valence-electron chi connectivity index (χ0n) is 14.5. The Hall–Kier alpha value is -2.85. The minimum atomic E-state index is 0.242. The zero-order valence-corrected chi connectivity index (χ0v) is 16.7. The van der Waals surface area contributed by atoms with Crippen LogP contribution in [0.4, 0.5) is 0 Å². The molecule has 3 rings (SSSR count). The Kier molecular flexibility index (Phi) is 6.83. The molecule has 0 aliphatic carbocycles. The number of nitriles is 1. The highest BCUT2D eigenvalue weighted by molar-refractivity contribution is 14.1. The van der Waals surface area contributed by atoms with Gasteiger partial charge in [0.25, 0.3) is 0 Å². The zero-order chi connectivity index (χ0) is 18.9. The number of halogens is 1. The van der Waals surface area contributed by atoms with E-state index >= 15 is 0 Å². The van der Waals surface area contributed by atoms with Crippen LogP contribution in [0.25, 0.3) is 0 Å². The van der Waals surface area contributed by atoms with Gasteiger partial charge in [0.1, 0.15) is 19.0 Å². The highest BCUT2D eigenvalue weighted by Gasteiger charge is 2.03. The fraction of sp³-hybridized carbons (Fsp3) is 0.0909. The molecule has 0 saturated carbocycles. The molecule has 5 heteroatoms. The Morgan fingerprint density at radius 2 is 1.67 bits per heavy atom. The highest BCUT2D eigenvalue weighted by Crippen LogP contribution is 2.18. The van der Waals surface area contributed by atoms with E-state index in [2.05, 4.69) is 45.9 Å². The van der Waals surface area contributed by atoms with Crippen molar-refractivity contribution in [2.45, 2.75) is 13.2 Å². The standard InChI is InChI=1S/C22H17IN2O2/c23-21-11-9-17(10-12-21)15-26-22-8-4-3-6-19(22)14-25-27-16-20-7-2-1-5-18(20)13-24/h1-12,14H,15-16H2/b25-14-. The summed E-state index contributed by atoms with van der Waals surface area (Å²) in [4.78, 5) is 5.36. The average Bonchev–Trinajstić information content (AvgIpc) is 2.72. The maximum absolute atomic E-state index is 9.10. The second-order valence-electron chi connectivity index (χ2n) is 5.73. The van der Waals surface area contributed by atoms with Gasteiger partial charge in [0, 0.05) is 14.7 Å². The van der Waals surface area contributed by atoms with Gasteiger partial charge >= 0.3 is 0 Å². The van der Waals surface area contributed by atoms with Gasteiger partial charge in [0.05, 0.1) is 17.8 Å². The minimum Gasteiger partial charge on any atom is -0.488 e. The predicted molar refractivity (Wildman–Crippen MR) is 113 cm³/mol. The molecule has 0 aliphatic rings.